The number of benzene rings is 1. The molecule has 0 bridgehead atoms. The van der Waals surface area contributed by atoms with Crippen LogP contribution in [0.25, 0.3) is 0 Å². The van der Waals surface area contributed by atoms with Gasteiger partial charge in [0, 0.05) is 5.41 Å². The first kappa shape index (κ1) is 11.7. The molecule has 0 radical (unpaired) electrons. The minimum atomic E-state index is -0.894. The second kappa shape index (κ2) is 3.51. The van der Waals surface area contributed by atoms with E-state index in [4.69, 9.17) is 0 Å². The Kier molecular flexibility index (Phi) is 2.05. The van der Waals surface area contributed by atoms with E-state index in [2.05, 4.69) is 34.9 Å². The van der Waals surface area contributed by atoms with Crippen LogP contribution in [0.1, 0.15) is 29.5 Å². The highest BCUT2D eigenvalue weighted by atomic mass is 16.2. The van der Waals surface area contributed by atoms with E-state index in [-0.39, 0.29) is 17.4 Å². The molecule has 1 saturated heterocycles. The monoisotopic (exact) mass is 268 g/mol. The van der Waals surface area contributed by atoms with Gasteiger partial charge in [-0.15, -0.1) is 0 Å². The molecule has 0 saturated carbocycles. The molecule has 2 N–H and O–H groups in total. The number of hydrogen-bond acceptors (Lipinski definition) is 2. The molecule has 3 aliphatic rings. The fraction of sp³-hybridized carbons (Fsp3) is 0.375. The van der Waals surface area contributed by atoms with Crippen LogP contribution in [0.2, 0.25) is 0 Å². The molecule has 102 valence electrons. The van der Waals surface area contributed by atoms with Crippen LogP contribution < -0.4 is 10.6 Å². The van der Waals surface area contributed by atoms with Gasteiger partial charge in [0.15, 0.2) is 5.54 Å². The third-order valence-corrected chi connectivity index (χ3v) is 5.05. The molecular formula is C16H16N2O2. The van der Waals surface area contributed by atoms with E-state index in [9.17, 15) is 9.59 Å². The van der Waals surface area contributed by atoms with Gasteiger partial charge in [-0.25, -0.2) is 4.79 Å². The van der Waals surface area contributed by atoms with Gasteiger partial charge >= 0.3 is 6.03 Å². The Morgan fingerprint density at radius 1 is 1.15 bits per heavy atom. The summed E-state index contributed by atoms with van der Waals surface area (Å²) < 4.78 is 0. The average Bonchev–Trinajstić information content (AvgIpc) is 3.04. The number of aryl methyl sites for hydroxylation is 1. The van der Waals surface area contributed by atoms with Gasteiger partial charge in [0.1, 0.15) is 0 Å². The summed E-state index contributed by atoms with van der Waals surface area (Å²) in [6.07, 6.45) is 6.74. The van der Waals surface area contributed by atoms with Crippen LogP contribution in [0.3, 0.4) is 0 Å². The summed E-state index contributed by atoms with van der Waals surface area (Å²) in [6, 6.07) is 5.84. The third kappa shape index (κ3) is 1.17. The van der Waals surface area contributed by atoms with Crippen molar-refractivity contribution in [1.29, 1.82) is 0 Å². The highest BCUT2D eigenvalue weighted by molar-refractivity contribution is 6.08. The zero-order chi connectivity index (χ0) is 14.0. The van der Waals surface area contributed by atoms with Crippen LogP contribution >= 0.6 is 0 Å². The average molecular weight is 268 g/mol. The zero-order valence-electron chi connectivity index (χ0n) is 11.3. The van der Waals surface area contributed by atoms with Gasteiger partial charge in [-0.05, 0) is 37.3 Å². The summed E-state index contributed by atoms with van der Waals surface area (Å²) in [4.78, 5) is 24.4. The first-order valence-electron chi connectivity index (χ1n) is 6.96. The second-order valence-electron chi connectivity index (χ2n) is 6.16. The van der Waals surface area contributed by atoms with Gasteiger partial charge in [0.2, 0.25) is 0 Å². The van der Waals surface area contributed by atoms with Crippen LogP contribution in [-0.2, 0) is 16.8 Å². The molecule has 1 heterocycles. The lowest BCUT2D eigenvalue weighted by Crippen LogP contribution is -2.54. The Morgan fingerprint density at radius 3 is 2.55 bits per heavy atom. The molecule has 4 heteroatoms. The number of urea groups is 1. The molecular weight excluding hydrogens is 252 g/mol. The largest absolute Gasteiger partial charge is 0.322 e. The Labute approximate surface area is 117 Å². The van der Waals surface area contributed by atoms with Crippen LogP contribution in [0.5, 0.6) is 0 Å². The molecule has 1 atom stereocenters. The van der Waals surface area contributed by atoms with Crippen LogP contribution in [0.15, 0.2) is 30.4 Å². The molecule has 1 unspecified atom stereocenters. The topological polar surface area (TPSA) is 58.2 Å². The molecule has 1 aliphatic heterocycles. The number of imide groups is 1. The van der Waals surface area contributed by atoms with Gasteiger partial charge in [-0.3, -0.25) is 10.1 Å². The van der Waals surface area contributed by atoms with Crippen LogP contribution in [0.4, 0.5) is 4.79 Å². The van der Waals surface area contributed by atoms with Crippen LogP contribution in [-0.4, -0.2) is 11.9 Å². The van der Waals surface area contributed by atoms with Crippen molar-refractivity contribution in [2.75, 3.05) is 0 Å². The van der Waals surface area contributed by atoms with Gasteiger partial charge in [-0.1, -0.05) is 35.9 Å². The Bertz CT molecular complexity index is 669. The molecule has 1 fully saturated rings. The second-order valence-corrected chi connectivity index (χ2v) is 6.16. The van der Waals surface area contributed by atoms with Gasteiger partial charge < -0.3 is 5.32 Å². The molecule has 2 aliphatic carbocycles. The summed E-state index contributed by atoms with van der Waals surface area (Å²) in [5.74, 6) is -0.199. The lowest BCUT2D eigenvalue weighted by molar-refractivity contribution is -0.128. The number of fused-ring (bicyclic) bond motifs is 3. The van der Waals surface area contributed by atoms with E-state index in [0.29, 0.717) is 0 Å². The standard InChI is InChI=1S/C16H16N2O2/c1-10-4-5-11-9-15(6-2-3-7-15)16(12(11)8-10)13(19)17-14(20)18-16/h2-5,8H,6-7,9H2,1H3,(H2,17,18,19,20). The maximum Gasteiger partial charge on any atom is 0.322 e. The summed E-state index contributed by atoms with van der Waals surface area (Å²) in [5, 5.41) is 5.40. The number of hydrogen-bond donors (Lipinski definition) is 2. The van der Waals surface area contributed by atoms with Crippen molar-refractivity contribution in [2.24, 2.45) is 5.41 Å². The van der Waals surface area contributed by atoms with Crippen LogP contribution in [0, 0.1) is 12.3 Å². The van der Waals surface area contributed by atoms with Crippen molar-refractivity contribution in [1.82, 2.24) is 10.6 Å². The summed E-state index contributed by atoms with van der Waals surface area (Å²) in [5.41, 5.74) is 2.13. The van der Waals surface area contributed by atoms with E-state index in [1.54, 1.807) is 0 Å². The van der Waals surface area contributed by atoms with Crippen molar-refractivity contribution in [3.8, 4) is 0 Å². The SMILES string of the molecule is Cc1ccc2c(c1)C1(NC(=O)NC1=O)C1(CC=CC1)C2. The normalized spacial score (nSPS) is 29.1. The number of nitrogens with one attached hydrogen (secondary N) is 2. The minimum Gasteiger partial charge on any atom is -0.319 e. The number of allylic oxidation sites excluding steroid dienone is 2. The van der Waals surface area contributed by atoms with Crippen molar-refractivity contribution in [2.45, 2.75) is 31.7 Å². The first-order chi connectivity index (χ1) is 9.57. The van der Waals surface area contributed by atoms with Crippen molar-refractivity contribution in [3.63, 3.8) is 0 Å². The van der Waals surface area contributed by atoms with Crippen molar-refractivity contribution >= 4 is 11.9 Å². The predicted octanol–water partition coefficient (Wildman–Crippen LogP) is 1.92. The number of carbonyl (C=O) groups excluding carboxylic acids is 2. The number of rotatable bonds is 0. The number of amides is 3. The molecule has 1 aromatic rings. The maximum atomic E-state index is 12.6. The smallest absolute Gasteiger partial charge is 0.319 e. The molecule has 20 heavy (non-hydrogen) atoms. The Hall–Kier alpha value is -2.10. The fourth-order valence-electron chi connectivity index (χ4n) is 4.15. The fourth-order valence-corrected chi connectivity index (χ4v) is 4.15. The quantitative estimate of drug-likeness (QED) is 0.558. The zero-order valence-corrected chi connectivity index (χ0v) is 11.3. The van der Waals surface area contributed by atoms with E-state index < -0.39 is 5.54 Å². The van der Waals surface area contributed by atoms with Gasteiger partial charge in [0.25, 0.3) is 5.91 Å². The summed E-state index contributed by atoms with van der Waals surface area (Å²) in [7, 11) is 0. The van der Waals surface area contributed by atoms with E-state index in [1.165, 1.54) is 5.56 Å². The molecule has 4 rings (SSSR count). The Morgan fingerprint density at radius 2 is 1.90 bits per heavy atom. The van der Waals surface area contributed by atoms with Gasteiger partial charge in [0.05, 0.1) is 0 Å². The molecule has 3 amide bonds. The highest BCUT2D eigenvalue weighted by Crippen LogP contribution is 2.58. The lowest BCUT2D eigenvalue weighted by Gasteiger charge is -2.38. The maximum absolute atomic E-state index is 12.6. The molecule has 4 nitrogen and oxygen atoms in total. The minimum absolute atomic E-state index is 0.199. The summed E-state index contributed by atoms with van der Waals surface area (Å²) in [6.45, 7) is 2.01. The molecule has 1 aromatic carbocycles. The highest BCUT2D eigenvalue weighted by Gasteiger charge is 2.65. The predicted molar refractivity (Wildman–Crippen MR) is 74.0 cm³/mol. The third-order valence-electron chi connectivity index (χ3n) is 5.05. The Balaban J connectivity index is 1.99. The number of carbonyl (C=O) groups is 2. The first-order valence-corrected chi connectivity index (χ1v) is 6.96. The summed E-state index contributed by atoms with van der Waals surface area (Å²) >= 11 is 0. The van der Waals surface area contributed by atoms with Crippen molar-refractivity contribution < 1.29 is 9.59 Å². The molecule has 0 aromatic heterocycles. The van der Waals surface area contributed by atoms with Gasteiger partial charge in [-0.2, -0.15) is 0 Å². The molecule has 2 spiro atoms. The van der Waals surface area contributed by atoms with E-state index in [1.807, 2.05) is 13.0 Å². The van der Waals surface area contributed by atoms with Crippen molar-refractivity contribution in [3.05, 3.63) is 47.0 Å². The van der Waals surface area contributed by atoms with E-state index >= 15 is 0 Å². The lowest BCUT2D eigenvalue weighted by atomic mass is 9.68. The van der Waals surface area contributed by atoms with E-state index in [0.717, 1.165) is 30.4 Å².